The molecule has 1 N–H and O–H groups in total. The quantitative estimate of drug-likeness (QED) is 0.438. The first-order chi connectivity index (χ1) is 14.7. The average Bonchev–Trinajstić information content (AvgIpc) is 3.43. The van der Waals surface area contributed by atoms with Crippen LogP contribution in [-0.4, -0.2) is 18.7 Å². The molecule has 0 saturated heterocycles. The highest BCUT2D eigenvalue weighted by Crippen LogP contribution is 2.39. The molecular weight excluding hydrogens is 396 g/mol. The van der Waals surface area contributed by atoms with E-state index in [2.05, 4.69) is 16.2 Å². The molecule has 0 saturated carbocycles. The van der Waals surface area contributed by atoms with E-state index in [-0.39, 0.29) is 12.5 Å². The van der Waals surface area contributed by atoms with Crippen LogP contribution in [0.3, 0.4) is 0 Å². The van der Waals surface area contributed by atoms with E-state index in [1.54, 1.807) is 23.8 Å². The van der Waals surface area contributed by atoms with Crippen molar-refractivity contribution in [2.24, 2.45) is 4.99 Å². The maximum absolute atomic E-state index is 13.0. The third-order valence-corrected chi connectivity index (χ3v) is 6.12. The van der Waals surface area contributed by atoms with Gasteiger partial charge in [0.15, 0.2) is 0 Å². The second kappa shape index (κ2) is 9.47. The molecule has 0 spiro atoms. The molecule has 0 radical (unpaired) electrons. The highest BCUT2D eigenvalue weighted by Gasteiger charge is 2.25. The molecule has 5 nitrogen and oxygen atoms in total. The first-order valence-corrected chi connectivity index (χ1v) is 10.7. The van der Waals surface area contributed by atoms with E-state index in [1.807, 2.05) is 36.4 Å². The lowest BCUT2D eigenvalue weighted by Crippen LogP contribution is -2.23. The number of hydrogen-bond acceptors (Lipinski definition) is 5. The summed E-state index contributed by atoms with van der Waals surface area (Å²) in [5.41, 5.74) is 2.77. The number of carbonyl (C=O) groups excluding carboxylic acids is 1. The summed E-state index contributed by atoms with van der Waals surface area (Å²) in [5, 5.41) is 3.73. The van der Waals surface area contributed by atoms with Crippen molar-refractivity contribution in [1.82, 2.24) is 5.32 Å². The SMILES string of the molecule is C#CCOc1ccc(C=Nc2sc3c(c2C(=O)NCc2ccco2)CCCC3)cc1. The van der Waals surface area contributed by atoms with Gasteiger partial charge in [0.1, 0.15) is 23.1 Å². The van der Waals surface area contributed by atoms with E-state index in [4.69, 9.17) is 15.6 Å². The molecule has 0 atom stereocenters. The molecule has 1 amide bonds. The summed E-state index contributed by atoms with van der Waals surface area (Å²) in [6, 6.07) is 11.2. The lowest BCUT2D eigenvalue weighted by Gasteiger charge is -2.12. The summed E-state index contributed by atoms with van der Waals surface area (Å²) >= 11 is 1.62. The smallest absolute Gasteiger partial charge is 0.255 e. The number of ether oxygens (including phenoxy) is 1. The van der Waals surface area contributed by atoms with Crippen molar-refractivity contribution >= 4 is 28.5 Å². The first kappa shape index (κ1) is 20.0. The highest BCUT2D eigenvalue weighted by atomic mass is 32.1. The van der Waals surface area contributed by atoms with E-state index < -0.39 is 0 Å². The van der Waals surface area contributed by atoms with E-state index in [9.17, 15) is 4.79 Å². The van der Waals surface area contributed by atoms with Crippen LogP contribution >= 0.6 is 11.3 Å². The van der Waals surface area contributed by atoms with E-state index in [0.717, 1.165) is 53.3 Å². The highest BCUT2D eigenvalue weighted by molar-refractivity contribution is 7.16. The number of rotatable bonds is 7. The zero-order valence-electron chi connectivity index (χ0n) is 16.5. The molecule has 0 aliphatic heterocycles. The number of nitrogens with zero attached hydrogens (tertiary/aromatic N) is 1. The Hall–Kier alpha value is -3.30. The van der Waals surface area contributed by atoms with Gasteiger partial charge in [-0.25, -0.2) is 4.99 Å². The van der Waals surface area contributed by atoms with Crippen molar-refractivity contribution in [2.75, 3.05) is 6.61 Å². The number of thiophene rings is 1. The minimum atomic E-state index is -0.101. The van der Waals surface area contributed by atoms with Crippen LogP contribution in [0.2, 0.25) is 0 Å². The van der Waals surface area contributed by atoms with E-state index in [1.165, 1.54) is 4.88 Å². The Morgan fingerprint density at radius 1 is 1.27 bits per heavy atom. The molecule has 4 rings (SSSR count). The minimum Gasteiger partial charge on any atom is -0.481 e. The van der Waals surface area contributed by atoms with E-state index in [0.29, 0.717) is 12.1 Å². The van der Waals surface area contributed by atoms with Crippen LogP contribution in [0, 0.1) is 12.3 Å². The fourth-order valence-electron chi connectivity index (χ4n) is 3.45. The second-order valence-corrected chi connectivity index (χ2v) is 8.06. The molecular formula is C24H22N2O3S. The average molecular weight is 419 g/mol. The molecule has 2 heterocycles. The van der Waals surface area contributed by atoms with Crippen LogP contribution < -0.4 is 10.1 Å². The number of benzene rings is 1. The van der Waals surface area contributed by atoms with Gasteiger partial charge in [0.05, 0.1) is 18.4 Å². The molecule has 1 aliphatic rings. The fourth-order valence-corrected chi connectivity index (χ4v) is 4.68. The number of terminal acetylenes is 1. The Balaban J connectivity index is 1.54. The number of aliphatic imine (C=N–C) groups is 1. The van der Waals surface area contributed by atoms with Crippen LogP contribution in [0.15, 0.2) is 52.1 Å². The predicted molar refractivity (Wildman–Crippen MR) is 119 cm³/mol. The van der Waals surface area contributed by atoms with Crippen LogP contribution in [-0.2, 0) is 19.4 Å². The second-order valence-electron chi connectivity index (χ2n) is 6.97. The standard InChI is InChI=1S/C24H22N2O3S/c1-2-13-28-18-11-9-17(10-12-18)15-26-24-22(20-7-3-4-8-21(20)30-24)23(27)25-16-19-6-5-14-29-19/h1,5-6,9-12,14-15H,3-4,7-8,13,16H2,(H,25,27). The summed E-state index contributed by atoms with van der Waals surface area (Å²) in [6.07, 6.45) is 12.8. The van der Waals surface area contributed by atoms with Gasteiger partial charge >= 0.3 is 0 Å². The number of hydrogen-bond donors (Lipinski definition) is 1. The van der Waals surface area contributed by atoms with Crippen LogP contribution in [0.1, 0.15) is 45.0 Å². The normalized spacial score (nSPS) is 13.0. The number of aryl methyl sites for hydroxylation is 1. The number of nitrogens with one attached hydrogen (secondary N) is 1. The molecule has 2 aromatic heterocycles. The molecule has 0 unspecified atom stereocenters. The van der Waals surface area contributed by atoms with Crippen molar-refractivity contribution < 1.29 is 13.9 Å². The van der Waals surface area contributed by atoms with Crippen LogP contribution in [0.5, 0.6) is 5.75 Å². The molecule has 152 valence electrons. The maximum Gasteiger partial charge on any atom is 0.255 e. The summed E-state index contributed by atoms with van der Waals surface area (Å²) < 4.78 is 10.7. The molecule has 30 heavy (non-hydrogen) atoms. The Kier molecular flexibility index (Phi) is 6.31. The zero-order chi connectivity index (χ0) is 20.8. The largest absolute Gasteiger partial charge is 0.481 e. The van der Waals surface area contributed by atoms with Gasteiger partial charge in [0.25, 0.3) is 5.91 Å². The van der Waals surface area contributed by atoms with Gasteiger partial charge in [-0.15, -0.1) is 17.8 Å². The molecule has 1 aliphatic carbocycles. The Morgan fingerprint density at radius 2 is 2.10 bits per heavy atom. The first-order valence-electron chi connectivity index (χ1n) is 9.90. The van der Waals surface area contributed by atoms with Crippen LogP contribution in [0.25, 0.3) is 0 Å². The number of fused-ring (bicyclic) bond motifs is 1. The van der Waals surface area contributed by atoms with Gasteiger partial charge in [0, 0.05) is 11.1 Å². The Morgan fingerprint density at radius 3 is 2.87 bits per heavy atom. The van der Waals surface area contributed by atoms with Crippen molar-refractivity contribution in [3.63, 3.8) is 0 Å². The lowest BCUT2D eigenvalue weighted by molar-refractivity contribution is 0.0948. The Labute approximate surface area is 179 Å². The van der Waals surface area contributed by atoms with Gasteiger partial charge in [-0.05, 0) is 73.2 Å². The van der Waals surface area contributed by atoms with Gasteiger partial charge in [0.2, 0.25) is 0 Å². The van der Waals surface area contributed by atoms with Gasteiger partial charge < -0.3 is 14.5 Å². The topological polar surface area (TPSA) is 63.8 Å². The van der Waals surface area contributed by atoms with Gasteiger partial charge in [-0.3, -0.25) is 4.79 Å². The monoisotopic (exact) mass is 418 g/mol. The summed E-state index contributed by atoms with van der Waals surface area (Å²) in [6.45, 7) is 0.601. The maximum atomic E-state index is 13.0. The number of amides is 1. The summed E-state index contributed by atoms with van der Waals surface area (Å²) in [5.74, 6) is 3.79. The molecule has 6 heteroatoms. The molecule has 3 aromatic rings. The minimum absolute atomic E-state index is 0.101. The van der Waals surface area contributed by atoms with Crippen molar-refractivity contribution in [3.8, 4) is 18.1 Å². The van der Waals surface area contributed by atoms with Crippen molar-refractivity contribution in [3.05, 3.63) is 70.0 Å². The van der Waals surface area contributed by atoms with Gasteiger partial charge in [-0.2, -0.15) is 0 Å². The fraction of sp³-hybridized carbons (Fsp3) is 0.250. The zero-order valence-corrected chi connectivity index (χ0v) is 17.3. The van der Waals surface area contributed by atoms with Crippen molar-refractivity contribution in [1.29, 1.82) is 0 Å². The summed E-state index contributed by atoms with van der Waals surface area (Å²) in [7, 11) is 0. The molecule has 0 bridgehead atoms. The summed E-state index contributed by atoms with van der Waals surface area (Å²) in [4.78, 5) is 18.9. The predicted octanol–water partition coefficient (Wildman–Crippen LogP) is 4.91. The number of carbonyl (C=O) groups is 1. The number of furan rings is 1. The molecule has 1 aromatic carbocycles. The van der Waals surface area contributed by atoms with Gasteiger partial charge in [-0.1, -0.05) is 5.92 Å². The van der Waals surface area contributed by atoms with Crippen molar-refractivity contribution in [2.45, 2.75) is 32.2 Å². The van der Waals surface area contributed by atoms with E-state index >= 15 is 0 Å². The Bertz CT molecular complexity index is 1070. The molecule has 0 fully saturated rings. The lowest BCUT2D eigenvalue weighted by atomic mass is 9.95. The third kappa shape index (κ3) is 4.64. The third-order valence-electron chi connectivity index (χ3n) is 4.92. The van der Waals surface area contributed by atoms with Crippen LogP contribution in [0.4, 0.5) is 5.00 Å².